The summed E-state index contributed by atoms with van der Waals surface area (Å²) in [5.41, 5.74) is 1.31. The van der Waals surface area contributed by atoms with Crippen molar-refractivity contribution >= 4 is 23.1 Å². The first-order valence-corrected chi connectivity index (χ1v) is 5.96. The summed E-state index contributed by atoms with van der Waals surface area (Å²) in [6.45, 7) is 0. The number of aromatic nitrogens is 1. The fraction of sp³-hybridized carbons (Fsp3) is 0. The van der Waals surface area contributed by atoms with Crippen molar-refractivity contribution in [2.24, 2.45) is 0 Å². The molecule has 0 fully saturated rings. The van der Waals surface area contributed by atoms with Crippen LogP contribution in [-0.2, 0) is 0 Å². The molecule has 0 aliphatic carbocycles. The molecule has 1 aromatic heterocycles. The van der Waals surface area contributed by atoms with E-state index < -0.39 is 0 Å². The number of rotatable bonds is 2. The van der Waals surface area contributed by atoms with Gasteiger partial charge >= 0.3 is 0 Å². The first-order valence-electron chi connectivity index (χ1n) is 5.96. The zero-order valence-corrected chi connectivity index (χ0v) is 10.1. The van der Waals surface area contributed by atoms with E-state index in [9.17, 15) is 4.79 Å². The Morgan fingerprint density at radius 1 is 0.895 bits per heavy atom. The quantitative estimate of drug-likeness (QED) is 0.699. The molecule has 0 unspecified atom stereocenters. The Morgan fingerprint density at radius 2 is 1.63 bits per heavy atom. The maximum absolute atomic E-state index is 11.8. The van der Waals surface area contributed by atoms with E-state index in [1.165, 1.54) is 0 Å². The molecular formula is C16H11NO2. The standard InChI is InChI=1S/C16H11NO2/c18-16-13-8-4-5-9-14(13)19-15(17-16)11-10-12-6-2-1-3-7-12/h1-11H/b11-10-. The van der Waals surface area contributed by atoms with E-state index in [0.29, 0.717) is 16.9 Å². The fourth-order valence-electron chi connectivity index (χ4n) is 1.83. The maximum Gasteiger partial charge on any atom is 0.284 e. The zero-order valence-electron chi connectivity index (χ0n) is 10.1. The van der Waals surface area contributed by atoms with Crippen molar-refractivity contribution in [3.8, 4) is 0 Å². The average Bonchev–Trinajstić information content (AvgIpc) is 2.46. The van der Waals surface area contributed by atoms with Gasteiger partial charge in [-0.05, 0) is 23.8 Å². The van der Waals surface area contributed by atoms with Gasteiger partial charge in [-0.3, -0.25) is 4.79 Å². The molecule has 0 saturated heterocycles. The van der Waals surface area contributed by atoms with Crippen LogP contribution >= 0.6 is 0 Å². The van der Waals surface area contributed by atoms with E-state index in [1.807, 2.05) is 42.5 Å². The van der Waals surface area contributed by atoms with Crippen molar-refractivity contribution in [1.82, 2.24) is 4.98 Å². The number of hydrogen-bond acceptors (Lipinski definition) is 3. The van der Waals surface area contributed by atoms with Gasteiger partial charge in [0.2, 0.25) is 5.89 Å². The largest absolute Gasteiger partial charge is 0.438 e. The first kappa shape index (κ1) is 11.4. The molecule has 3 nitrogen and oxygen atoms in total. The van der Waals surface area contributed by atoms with Gasteiger partial charge in [-0.2, -0.15) is 4.98 Å². The third kappa shape index (κ3) is 2.45. The van der Waals surface area contributed by atoms with Gasteiger partial charge in [0, 0.05) is 6.08 Å². The maximum atomic E-state index is 11.8. The number of benzene rings is 2. The average molecular weight is 249 g/mol. The fourth-order valence-corrected chi connectivity index (χ4v) is 1.83. The third-order valence-corrected chi connectivity index (χ3v) is 2.76. The second kappa shape index (κ2) is 4.90. The molecule has 19 heavy (non-hydrogen) atoms. The van der Waals surface area contributed by atoms with Gasteiger partial charge in [0.15, 0.2) is 0 Å². The Morgan fingerprint density at radius 3 is 2.47 bits per heavy atom. The molecule has 0 spiro atoms. The lowest BCUT2D eigenvalue weighted by atomic mass is 10.2. The molecular weight excluding hydrogens is 238 g/mol. The summed E-state index contributed by atoms with van der Waals surface area (Å²) in [7, 11) is 0. The smallest absolute Gasteiger partial charge is 0.284 e. The Balaban J connectivity index is 2.02. The molecule has 3 heteroatoms. The van der Waals surface area contributed by atoms with Crippen molar-refractivity contribution in [3.05, 3.63) is 76.4 Å². The van der Waals surface area contributed by atoms with Crippen molar-refractivity contribution in [3.63, 3.8) is 0 Å². The summed E-state index contributed by atoms with van der Waals surface area (Å²) in [4.78, 5) is 15.7. The third-order valence-electron chi connectivity index (χ3n) is 2.76. The molecule has 1 heterocycles. The van der Waals surface area contributed by atoms with E-state index in [1.54, 1.807) is 24.3 Å². The van der Waals surface area contributed by atoms with Crippen LogP contribution in [0.5, 0.6) is 0 Å². The molecule has 2 aromatic carbocycles. The minimum absolute atomic E-state index is 0.269. The lowest BCUT2D eigenvalue weighted by Crippen LogP contribution is -2.06. The first-order chi connectivity index (χ1) is 9.33. The van der Waals surface area contributed by atoms with Crippen LogP contribution in [0.25, 0.3) is 23.1 Å². The lowest BCUT2D eigenvalue weighted by Gasteiger charge is -1.97. The van der Waals surface area contributed by atoms with Crippen LogP contribution in [0.1, 0.15) is 11.5 Å². The SMILES string of the molecule is O=c1nc(/C=C\c2ccccc2)oc2ccccc12. The van der Waals surface area contributed by atoms with E-state index in [-0.39, 0.29) is 5.56 Å². The van der Waals surface area contributed by atoms with E-state index in [2.05, 4.69) is 4.98 Å². The molecule has 0 radical (unpaired) electrons. The zero-order chi connectivity index (χ0) is 13.1. The topological polar surface area (TPSA) is 43.1 Å². The molecule has 0 amide bonds. The number of fused-ring (bicyclic) bond motifs is 1. The summed E-state index contributed by atoms with van der Waals surface area (Å²) in [5.74, 6) is 0.313. The summed E-state index contributed by atoms with van der Waals surface area (Å²) in [5, 5.41) is 0.499. The normalized spacial score (nSPS) is 11.2. The summed E-state index contributed by atoms with van der Waals surface area (Å²) >= 11 is 0. The van der Waals surface area contributed by atoms with Crippen LogP contribution in [0.4, 0.5) is 0 Å². The van der Waals surface area contributed by atoms with Gasteiger partial charge in [0.1, 0.15) is 5.58 Å². The molecule has 0 bridgehead atoms. The Labute approximate surface area is 109 Å². The van der Waals surface area contributed by atoms with Crippen LogP contribution in [-0.4, -0.2) is 4.98 Å². The van der Waals surface area contributed by atoms with E-state index >= 15 is 0 Å². The van der Waals surface area contributed by atoms with Gasteiger partial charge in [-0.15, -0.1) is 0 Å². The monoisotopic (exact) mass is 249 g/mol. The van der Waals surface area contributed by atoms with Crippen LogP contribution in [0.15, 0.2) is 63.8 Å². The van der Waals surface area contributed by atoms with E-state index in [4.69, 9.17) is 4.42 Å². The Kier molecular flexibility index (Phi) is 2.94. The van der Waals surface area contributed by atoms with Crippen LogP contribution in [0.3, 0.4) is 0 Å². The summed E-state index contributed by atoms with van der Waals surface area (Å²) < 4.78 is 5.57. The molecule has 0 N–H and O–H groups in total. The number of hydrogen-bond donors (Lipinski definition) is 0. The van der Waals surface area contributed by atoms with Gasteiger partial charge in [-0.1, -0.05) is 42.5 Å². The Bertz CT molecular complexity index is 788. The van der Waals surface area contributed by atoms with E-state index in [0.717, 1.165) is 5.56 Å². The summed E-state index contributed by atoms with van der Waals surface area (Å²) in [6, 6.07) is 16.9. The highest BCUT2D eigenvalue weighted by Crippen LogP contribution is 2.12. The molecule has 0 aliphatic heterocycles. The molecule has 0 atom stereocenters. The highest BCUT2D eigenvalue weighted by Gasteiger charge is 2.02. The van der Waals surface area contributed by atoms with Crippen molar-refractivity contribution in [2.75, 3.05) is 0 Å². The van der Waals surface area contributed by atoms with Gasteiger partial charge < -0.3 is 4.42 Å². The van der Waals surface area contributed by atoms with Crippen molar-refractivity contribution in [1.29, 1.82) is 0 Å². The molecule has 3 rings (SSSR count). The predicted molar refractivity (Wildman–Crippen MR) is 75.6 cm³/mol. The van der Waals surface area contributed by atoms with Crippen LogP contribution < -0.4 is 5.56 Å². The second-order valence-electron chi connectivity index (χ2n) is 4.10. The lowest BCUT2D eigenvalue weighted by molar-refractivity contribution is 0.563. The number of nitrogens with zero attached hydrogens (tertiary/aromatic N) is 1. The number of para-hydroxylation sites is 1. The van der Waals surface area contributed by atoms with Crippen molar-refractivity contribution < 1.29 is 4.42 Å². The van der Waals surface area contributed by atoms with Crippen molar-refractivity contribution in [2.45, 2.75) is 0 Å². The minimum atomic E-state index is -0.269. The Hall–Kier alpha value is -2.68. The van der Waals surface area contributed by atoms with Gasteiger partial charge in [0.05, 0.1) is 5.39 Å². The highest BCUT2D eigenvalue weighted by atomic mass is 16.3. The van der Waals surface area contributed by atoms with Gasteiger partial charge in [-0.25, -0.2) is 0 Å². The molecule has 0 aliphatic rings. The predicted octanol–water partition coefficient (Wildman–Crippen LogP) is 3.36. The van der Waals surface area contributed by atoms with Crippen LogP contribution in [0.2, 0.25) is 0 Å². The molecule has 92 valence electrons. The highest BCUT2D eigenvalue weighted by molar-refractivity contribution is 5.76. The van der Waals surface area contributed by atoms with Crippen LogP contribution in [0, 0.1) is 0 Å². The molecule has 3 aromatic rings. The molecule has 0 saturated carbocycles. The van der Waals surface area contributed by atoms with Gasteiger partial charge in [0.25, 0.3) is 5.56 Å². The minimum Gasteiger partial charge on any atom is -0.438 e. The summed E-state index contributed by atoms with van der Waals surface area (Å²) in [6.07, 6.45) is 3.56. The second-order valence-corrected chi connectivity index (χ2v) is 4.10.